The van der Waals surface area contributed by atoms with Crippen LogP contribution in [0, 0.1) is 19.8 Å². The Morgan fingerprint density at radius 2 is 1.87 bits per heavy atom. The minimum atomic E-state index is 0.500. The van der Waals surface area contributed by atoms with Gasteiger partial charge in [0.25, 0.3) is 0 Å². The summed E-state index contributed by atoms with van der Waals surface area (Å²) in [5.74, 6) is 2.05. The summed E-state index contributed by atoms with van der Waals surface area (Å²) in [4.78, 5) is 16.2. The van der Waals surface area contributed by atoms with Crippen LogP contribution in [0.3, 0.4) is 0 Å². The number of ether oxygens (including phenoxy) is 2. The largest absolute Gasteiger partial charge is 0.477 e. The summed E-state index contributed by atoms with van der Waals surface area (Å²) < 4.78 is 22.7. The first-order valence-electron chi connectivity index (χ1n) is 10.5. The molecule has 168 valence electrons. The Balaban J connectivity index is 0.000000291. The highest BCUT2D eigenvalue weighted by atomic mass is 19.1. The van der Waals surface area contributed by atoms with Gasteiger partial charge in [-0.1, -0.05) is 0 Å². The number of pyridine rings is 1. The predicted molar refractivity (Wildman–Crippen MR) is 118 cm³/mol. The van der Waals surface area contributed by atoms with Crippen molar-refractivity contribution in [1.29, 1.82) is 0 Å². The van der Waals surface area contributed by atoms with E-state index in [9.17, 15) is 4.39 Å². The van der Waals surface area contributed by atoms with E-state index in [2.05, 4.69) is 33.0 Å². The molecular weight excluding hydrogens is 399 g/mol. The lowest BCUT2D eigenvalue weighted by molar-refractivity contribution is 0.122. The summed E-state index contributed by atoms with van der Waals surface area (Å²) in [5.41, 5.74) is 2.85. The van der Waals surface area contributed by atoms with Gasteiger partial charge in [-0.3, -0.25) is 9.07 Å². The SMILES string of the molecule is CF.Cc1cc2c(OCC3CC3)nc(N3CCOCC3)nc2nc1C.Cn1cccn1. The van der Waals surface area contributed by atoms with Crippen molar-refractivity contribution >= 4 is 17.0 Å². The average Bonchev–Trinajstić information content (AvgIpc) is 3.51. The third-order valence-electron chi connectivity index (χ3n) is 5.17. The highest BCUT2D eigenvalue weighted by Gasteiger charge is 2.24. The fourth-order valence-electron chi connectivity index (χ4n) is 3.05. The Hall–Kier alpha value is -2.81. The first kappa shape index (κ1) is 22.9. The van der Waals surface area contributed by atoms with Gasteiger partial charge < -0.3 is 14.4 Å². The average molecular weight is 431 g/mol. The molecule has 9 heteroatoms. The smallest absolute Gasteiger partial charge is 0.230 e. The van der Waals surface area contributed by atoms with Crippen molar-refractivity contribution in [2.45, 2.75) is 26.7 Å². The lowest BCUT2D eigenvalue weighted by Crippen LogP contribution is -2.37. The van der Waals surface area contributed by atoms with Crippen LogP contribution in [0.2, 0.25) is 0 Å². The summed E-state index contributed by atoms with van der Waals surface area (Å²) in [6.45, 7) is 7.83. The number of nitrogens with zero attached hydrogens (tertiary/aromatic N) is 6. The molecule has 1 saturated heterocycles. The van der Waals surface area contributed by atoms with Crippen molar-refractivity contribution in [1.82, 2.24) is 24.7 Å². The van der Waals surface area contributed by atoms with Crippen LogP contribution >= 0.6 is 0 Å². The lowest BCUT2D eigenvalue weighted by Gasteiger charge is -2.27. The van der Waals surface area contributed by atoms with Crippen LogP contribution in [0.1, 0.15) is 24.1 Å². The fourth-order valence-corrected chi connectivity index (χ4v) is 3.05. The number of aromatic nitrogens is 5. The van der Waals surface area contributed by atoms with Crippen molar-refractivity contribution in [2.75, 3.05) is 45.0 Å². The minimum absolute atomic E-state index is 0.500. The topological polar surface area (TPSA) is 78.2 Å². The van der Waals surface area contributed by atoms with Crippen LogP contribution in [0.15, 0.2) is 24.5 Å². The minimum Gasteiger partial charge on any atom is -0.477 e. The van der Waals surface area contributed by atoms with Gasteiger partial charge in [0, 0.05) is 38.2 Å². The van der Waals surface area contributed by atoms with Gasteiger partial charge in [-0.2, -0.15) is 15.1 Å². The van der Waals surface area contributed by atoms with E-state index in [0.717, 1.165) is 42.0 Å². The first-order chi connectivity index (χ1) is 15.1. The highest BCUT2D eigenvalue weighted by Crippen LogP contribution is 2.32. The number of hydrogen-bond donors (Lipinski definition) is 0. The van der Waals surface area contributed by atoms with Crippen molar-refractivity contribution in [3.63, 3.8) is 0 Å². The van der Waals surface area contributed by atoms with E-state index in [0.29, 0.717) is 38.1 Å². The third kappa shape index (κ3) is 6.33. The second-order valence-electron chi connectivity index (χ2n) is 7.62. The molecule has 0 atom stereocenters. The number of rotatable bonds is 4. The molecule has 0 bridgehead atoms. The number of hydrogen-bond acceptors (Lipinski definition) is 7. The van der Waals surface area contributed by atoms with Crippen molar-refractivity contribution in [3.05, 3.63) is 35.8 Å². The molecule has 2 fully saturated rings. The summed E-state index contributed by atoms with van der Waals surface area (Å²) in [7, 11) is 2.39. The Morgan fingerprint density at radius 1 is 1.13 bits per heavy atom. The molecule has 8 nitrogen and oxygen atoms in total. The third-order valence-corrected chi connectivity index (χ3v) is 5.17. The van der Waals surface area contributed by atoms with E-state index in [1.807, 2.05) is 26.2 Å². The molecule has 0 spiro atoms. The summed E-state index contributed by atoms with van der Waals surface area (Å²) in [6, 6.07) is 3.98. The standard InChI is InChI=1S/C17H22N4O2.C4H6N2.CH3F/c1-11-9-14-15(18-12(11)2)19-17(21-5-7-22-8-6-21)20-16(14)23-10-13-3-4-13;1-6-4-2-3-5-6;1-2/h9,13H,3-8,10H2,1-2H3;2-4H,1H3;1H3. The maximum Gasteiger partial charge on any atom is 0.230 e. The Morgan fingerprint density at radius 3 is 2.45 bits per heavy atom. The van der Waals surface area contributed by atoms with Gasteiger partial charge in [0.1, 0.15) is 0 Å². The molecule has 3 aromatic rings. The molecule has 1 saturated carbocycles. The lowest BCUT2D eigenvalue weighted by atomic mass is 10.2. The van der Waals surface area contributed by atoms with Crippen molar-refractivity contribution < 1.29 is 13.9 Å². The van der Waals surface area contributed by atoms with E-state index >= 15 is 0 Å². The van der Waals surface area contributed by atoms with Crippen LogP contribution in [-0.2, 0) is 11.8 Å². The van der Waals surface area contributed by atoms with E-state index in [1.54, 1.807) is 10.9 Å². The molecular formula is C22H31FN6O2. The number of anilines is 1. The maximum atomic E-state index is 9.50. The molecule has 1 aliphatic heterocycles. The summed E-state index contributed by atoms with van der Waals surface area (Å²) in [5, 5.41) is 4.74. The van der Waals surface area contributed by atoms with Crippen LogP contribution in [0.5, 0.6) is 5.88 Å². The predicted octanol–water partition coefficient (Wildman–Crippen LogP) is 3.27. The normalized spacial score (nSPS) is 15.6. The number of fused-ring (bicyclic) bond motifs is 1. The van der Waals surface area contributed by atoms with E-state index in [-0.39, 0.29) is 0 Å². The van der Waals surface area contributed by atoms with Crippen molar-refractivity contribution in [3.8, 4) is 5.88 Å². The Bertz CT molecular complexity index is 956. The van der Waals surface area contributed by atoms with Gasteiger partial charge in [-0.25, -0.2) is 4.98 Å². The van der Waals surface area contributed by atoms with Crippen LogP contribution in [0.4, 0.5) is 10.3 Å². The maximum absolute atomic E-state index is 9.50. The van der Waals surface area contributed by atoms with E-state index < -0.39 is 0 Å². The van der Waals surface area contributed by atoms with E-state index in [4.69, 9.17) is 14.5 Å². The number of alkyl halides is 1. The molecule has 1 aliphatic carbocycles. The molecule has 4 heterocycles. The molecule has 5 rings (SSSR count). The van der Waals surface area contributed by atoms with Gasteiger partial charge in [0.05, 0.1) is 32.4 Å². The molecule has 0 radical (unpaired) electrons. The molecule has 0 N–H and O–H groups in total. The van der Waals surface area contributed by atoms with Gasteiger partial charge in [-0.05, 0) is 50.3 Å². The van der Waals surface area contributed by atoms with Crippen LogP contribution in [-0.4, -0.2) is 64.8 Å². The number of aryl methyl sites for hydroxylation is 3. The summed E-state index contributed by atoms with van der Waals surface area (Å²) in [6.07, 6.45) is 6.16. The molecule has 0 unspecified atom stereocenters. The zero-order valence-corrected chi connectivity index (χ0v) is 18.7. The molecule has 3 aromatic heterocycles. The van der Waals surface area contributed by atoms with Gasteiger partial charge in [0.15, 0.2) is 5.65 Å². The quantitative estimate of drug-likeness (QED) is 0.629. The fraction of sp³-hybridized carbons (Fsp3) is 0.545. The number of halogens is 1. The molecule has 0 amide bonds. The van der Waals surface area contributed by atoms with Gasteiger partial charge in [0.2, 0.25) is 11.8 Å². The zero-order valence-electron chi connectivity index (χ0n) is 18.7. The Kier molecular flexibility index (Phi) is 8.11. The van der Waals surface area contributed by atoms with Crippen LogP contribution in [0.25, 0.3) is 11.0 Å². The highest BCUT2D eigenvalue weighted by molar-refractivity contribution is 5.82. The van der Waals surface area contributed by atoms with Gasteiger partial charge in [-0.15, -0.1) is 0 Å². The number of morpholine rings is 1. The molecule has 2 aliphatic rings. The van der Waals surface area contributed by atoms with Crippen molar-refractivity contribution in [2.24, 2.45) is 13.0 Å². The zero-order chi connectivity index (χ0) is 22.2. The molecule has 31 heavy (non-hydrogen) atoms. The first-order valence-corrected chi connectivity index (χ1v) is 10.5. The van der Waals surface area contributed by atoms with Crippen LogP contribution < -0.4 is 9.64 Å². The second kappa shape index (κ2) is 11.0. The van der Waals surface area contributed by atoms with Gasteiger partial charge >= 0.3 is 0 Å². The summed E-state index contributed by atoms with van der Waals surface area (Å²) >= 11 is 0. The monoisotopic (exact) mass is 430 g/mol. The molecule has 0 aromatic carbocycles. The van der Waals surface area contributed by atoms with E-state index in [1.165, 1.54) is 12.8 Å². The Labute approximate surface area is 182 Å². The second-order valence-corrected chi connectivity index (χ2v) is 7.62.